The van der Waals surface area contributed by atoms with Crippen molar-refractivity contribution in [2.75, 3.05) is 6.61 Å². The molecule has 0 bridgehead atoms. The summed E-state index contributed by atoms with van der Waals surface area (Å²) < 4.78 is 4.84. The maximum atomic E-state index is 11.4. The zero-order valence-electron chi connectivity index (χ0n) is 9.99. The van der Waals surface area contributed by atoms with E-state index in [1.807, 2.05) is 13.0 Å². The molecule has 0 aliphatic rings. The molecule has 0 aliphatic carbocycles. The van der Waals surface area contributed by atoms with Crippen LogP contribution in [0.5, 0.6) is 5.75 Å². The second-order valence-electron chi connectivity index (χ2n) is 3.55. The highest BCUT2D eigenvalue weighted by Crippen LogP contribution is 2.26. The van der Waals surface area contributed by atoms with Crippen molar-refractivity contribution in [2.24, 2.45) is 0 Å². The topological polar surface area (TPSA) is 70.3 Å². The minimum atomic E-state index is -0.396. The van der Waals surface area contributed by atoms with Gasteiger partial charge in [0.05, 0.1) is 18.6 Å². The first-order valence-corrected chi connectivity index (χ1v) is 5.53. The van der Waals surface area contributed by atoms with Gasteiger partial charge in [0.25, 0.3) is 0 Å². The largest absolute Gasteiger partial charge is 0.506 e. The molecule has 0 saturated carbocycles. The Morgan fingerprint density at radius 3 is 2.71 bits per heavy atom. The summed E-state index contributed by atoms with van der Waals surface area (Å²) in [5.74, 6) is -0.507. The molecule has 0 saturated heterocycles. The van der Waals surface area contributed by atoms with Crippen LogP contribution in [0.15, 0.2) is 12.1 Å². The quantitative estimate of drug-likeness (QED) is 0.807. The van der Waals surface area contributed by atoms with Crippen LogP contribution < -0.4 is 0 Å². The lowest BCUT2D eigenvalue weighted by Gasteiger charge is -2.10. The van der Waals surface area contributed by atoms with E-state index in [0.717, 1.165) is 5.56 Å². The fraction of sp³-hybridized carbons (Fsp3) is 0.385. The standard InChI is InChI=1S/C13H15NO3/c1-3-9-5-6-10(8-14)13(16)11(9)7-12(15)17-4-2/h5-6,16H,3-4,7H2,1-2H3. The molecule has 0 heterocycles. The van der Waals surface area contributed by atoms with Crippen LogP contribution in [0.4, 0.5) is 0 Å². The van der Waals surface area contributed by atoms with Crippen LogP contribution in [0, 0.1) is 11.3 Å². The lowest BCUT2D eigenvalue weighted by Crippen LogP contribution is -2.09. The van der Waals surface area contributed by atoms with Gasteiger partial charge in [-0.15, -0.1) is 0 Å². The van der Waals surface area contributed by atoms with Crippen molar-refractivity contribution in [3.05, 3.63) is 28.8 Å². The monoisotopic (exact) mass is 233 g/mol. The number of esters is 1. The van der Waals surface area contributed by atoms with Crippen LogP contribution >= 0.6 is 0 Å². The molecule has 90 valence electrons. The summed E-state index contributed by atoms with van der Waals surface area (Å²) in [7, 11) is 0. The average molecular weight is 233 g/mol. The van der Waals surface area contributed by atoms with Crippen LogP contribution in [-0.4, -0.2) is 17.7 Å². The van der Waals surface area contributed by atoms with Crippen molar-refractivity contribution in [3.8, 4) is 11.8 Å². The van der Waals surface area contributed by atoms with Gasteiger partial charge in [-0.1, -0.05) is 13.0 Å². The Hall–Kier alpha value is -2.02. The van der Waals surface area contributed by atoms with E-state index in [2.05, 4.69) is 0 Å². The molecular formula is C13H15NO3. The number of ether oxygens (including phenoxy) is 1. The minimum Gasteiger partial charge on any atom is -0.506 e. The number of hydrogen-bond donors (Lipinski definition) is 1. The Bertz CT molecular complexity index is 460. The summed E-state index contributed by atoms with van der Waals surface area (Å²) in [5.41, 5.74) is 1.53. The number of carbonyl (C=O) groups excluding carboxylic acids is 1. The predicted molar refractivity (Wildman–Crippen MR) is 62.5 cm³/mol. The van der Waals surface area contributed by atoms with Crippen LogP contribution in [0.1, 0.15) is 30.5 Å². The number of aryl methyl sites for hydroxylation is 1. The molecule has 0 aliphatic heterocycles. The van der Waals surface area contributed by atoms with E-state index >= 15 is 0 Å². The summed E-state index contributed by atoms with van der Waals surface area (Å²) in [4.78, 5) is 11.4. The third-order valence-electron chi connectivity index (χ3n) is 2.51. The first-order chi connectivity index (χ1) is 8.13. The van der Waals surface area contributed by atoms with Crippen LogP contribution in [0.25, 0.3) is 0 Å². The fourth-order valence-corrected chi connectivity index (χ4v) is 1.65. The van der Waals surface area contributed by atoms with Crippen molar-refractivity contribution in [3.63, 3.8) is 0 Å². The van der Waals surface area contributed by atoms with Crippen molar-refractivity contribution < 1.29 is 14.6 Å². The first-order valence-electron chi connectivity index (χ1n) is 5.53. The Kier molecular flexibility index (Phi) is 4.53. The van der Waals surface area contributed by atoms with Crippen LogP contribution in [0.2, 0.25) is 0 Å². The molecule has 0 spiro atoms. The highest BCUT2D eigenvalue weighted by atomic mass is 16.5. The highest BCUT2D eigenvalue weighted by molar-refractivity contribution is 5.75. The van der Waals surface area contributed by atoms with Gasteiger partial charge in [-0.05, 0) is 25.0 Å². The Balaban J connectivity index is 3.11. The maximum Gasteiger partial charge on any atom is 0.310 e. The Morgan fingerprint density at radius 1 is 1.47 bits per heavy atom. The molecule has 1 N–H and O–H groups in total. The van der Waals surface area contributed by atoms with Gasteiger partial charge in [0.2, 0.25) is 0 Å². The van der Waals surface area contributed by atoms with Crippen molar-refractivity contribution in [1.29, 1.82) is 5.26 Å². The van der Waals surface area contributed by atoms with Gasteiger partial charge in [0.15, 0.2) is 0 Å². The second-order valence-corrected chi connectivity index (χ2v) is 3.55. The van der Waals surface area contributed by atoms with E-state index in [1.165, 1.54) is 0 Å². The van der Waals surface area contributed by atoms with Gasteiger partial charge < -0.3 is 9.84 Å². The van der Waals surface area contributed by atoms with Crippen molar-refractivity contribution in [2.45, 2.75) is 26.7 Å². The van der Waals surface area contributed by atoms with E-state index in [1.54, 1.807) is 19.1 Å². The molecule has 1 aromatic carbocycles. The SMILES string of the molecule is CCOC(=O)Cc1c(CC)ccc(C#N)c1O. The number of phenols is 1. The molecule has 4 nitrogen and oxygen atoms in total. The van der Waals surface area contributed by atoms with Gasteiger partial charge in [0.1, 0.15) is 11.8 Å². The molecule has 1 rings (SSSR count). The van der Waals surface area contributed by atoms with Crippen LogP contribution in [0.3, 0.4) is 0 Å². The number of aromatic hydroxyl groups is 1. The van der Waals surface area contributed by atoms with E-state index in [-0.39, 0.29) is 17.7 Å². The van der Waals surface area contributed by atoms with Crippen molar-refractivity contribution in [1.82, 2.24) is 0 Å². The molecule has 0 unspecified atom stereocenters. The van der Waals surface area contributed by atoms with Gasteiger partial charge in [0, 0.05) is 5.56 Å². The van der Waals surface area contributed by atoms with Crippen molar-refractivity contribution >= 4 is 5.97 Å². The van der Waals surface area contributed by atoms with E-state index in [0.29, 0.717) is 18.6 Å². The number of nitriles is 1. The van der Waals surface area contributed by atoms with E-state index < -0.39 is 5.97 Å². The molecule has 17 heavy (non-hydrogen) atoms. The molecule has 0 fully saturated rings. The lowest BCUT2D eigenvalue weighted by atomic mass is 9.98. The van der Waals surface area contributed by atoms with Gasteiger partial charge in [-0.25, -0.2) is 0 Å². The lowest BCUT2D eigenvalue weighted by molar-refractivity contribution is -0.142. The number of hydrogen-bond acceptors (Lipinski definition) is 4. The molecule has 4 heteroatoms. The van der Waals surface area contributed by atoms with Gasteiger partial charge >= 0.3 is 5.97 Å². The first kappa shape index (κ1) is 13.0. The van der Waals surface area contributed by atoms with E-state index in [4.69, 9.17) is 10.00 Å². The molecule has 0 aromatic heterocycles. The second kappa shape index (κ2) is 5.90. The summed E-state index contributed by atoms with van der Waals surface area (Å²) in [6, 6.07) is 5.21. The zero-order chi connectivity index (χ0) is 12.8. The predicted octanol–water partition coefficient (Wildman–Crippen LogP) is 1.93. The molecular weight excluding hydrogens is 218 g/mol. The van der Waals surface area contributed by atoms with Crippen LogP contribution in [-0.2, 0) is 22.4 Å². The molecule has 1 aromatic rings. The number of phenolic OH excluding ortho intramolecular Hbond substituents is 1. The summed E-state index contributed by atoms with van der Waals surface area (Å²) in [6.45, 7) is 3.96. The number of benzene rings is 1. The third kappa shape index (κ3) is 2.97. The van der Waals surface area contributed by atoms with Gasteiger partial charge in [-0.2, -0.15) is 5.26 Å². The fourth-order valence-electron chi connectivity index (χ4n) is 1.65. The number of carbonyl (C=O) groups is 1. The highest BCUT2D eigenvalue weighted by Gasteiger charge is 2.15. The molecule has 0 radical (unpaired) electrons. The van der Waals surface area contributed by atoms with Gasteiger partial charge in [-0.3, -0.25) is 4.79 Å². The van der Waals surface area contributed by atoms with E-state index in [9.17, 15) is 9.90 Å². The molecule has 0 amide bonds. The number of rotatable bonds is 4. The Morgan fingerprint density at radius 2 is 2.18 bits per heavy atom. The molecule has 0 atom stereocenters. The zero-order valence-corrected chi connectivity index (χ0v) is 9.99. The normalized spacial score (nSPS) is 9.71. The smallest absolute Gasteiger partial charge is 0.310 e. The Labute approximate surface area is 100 Å². The summed E-state index contributed by atoms with van der Waals surface area (Å²) in [5, 5.41) is 18.7. The average Bonchev–Trinajstić information content (AvgIpc) is 2.32. The minimum absolute atomic E-state index is 0.00162. The third-order valence-corrected chi connectivity index (χ3v) is 2.51. The maximum absolute atomic E-state index is 11.4. The summed E-state index contributed by atoms with van der Waals surface area (Å²) >= 11 is 0. The number of nitrogens with zero attached hydrogens (tertiary/aromatic N) is 1. The summed E-state index contributed by atoms with van der Waals surface area (Å²) in [6.07, 6.45) is 0.687.